The van der Waals surface area contributed by atoms with Crippen LogP contribution in [0.25, 0.3) is 6.08 Å². The number of hydrogen-bond donors (Lipinski definition) is 0. The van der Waals surface area contributed by atoms with Crippen LogP contribution in [0.15, 0.2) is 54.1 Å². The van der Waals surface area contributed by atoms with Gasteiger partial charge in [-0.25, -0.2) is 0 Å². The number of carbonyl (C=O) groups is 1. The predicted octanol–water partition coefficient (Wildman–Crippen LogP) is 6.20. The minimum Gasteiger partial charge on any atom is -0.497 e. The van der Waals surface area contributed by atoms with E-state index in [-0.39, 0.29) is 5.41 Å². The number of carbonyl (C=O) groups excluding carboxylic acids is 1. The van der Waals surface area contributed by atoms with Crippen molar-refractivity contribution in [2.45, 2.75) is 51.4 Å². The van der Waals surface area contributed by atoms with Crippen LogP contribution in [0, 0.1) is 17.3 Å². The molecule has 2 aromatic carbocycles. The molecule has 5 rings (SSSR count). The number of allylic oxidation sites excluding steroid dienone is 1. The highest BCUT2D eigenvalue weighted by Gasteiger charge is 2.53. The second kappa shape index (κ2) is 7.16. The molecule has 29 heavy (non-hydrogen) atoms. The predicted molar refractivity (Wildman–Crippen MR) is 117 cm³/mol. The van der Waals surface area contributed by atoms with Crippen LogP contribution in [0.2, 0.25) is 0 Å². The first-order valence-corrected chi connectivity index (χ1v) is 11.1. The monoisotopic (exact) mass is 386 g/mol. The lowest BCUT2D eigenvalue weighted by Crippen LogP contribution is -2.49. The summed E-state index contributed by atoms with van der Waals surface area (Å²) in [6, 6.07) is 16.9. The van der Waals surface area contributed by atoms with Gasteiger partial charge >= 0.3 is 0 Å². The highest BCUT2D eigenvalue weighted by atomic mass is 16.5. The van der Waals surface area contributed by atoms with Crippen LogP contribution in [0.4, 0.5) is 0 Å². The molecule has 0 saturated heterocycles. The average molecular weight is 387 g/mol. The number of aryl methyl sites for hydroxylation is 1. The Kier molecular flexibility index (Phi) is 4.61. The minimum absolute atomic E-state index is 0.190. The molecule has 3 aliphatic carbocycles. The zero-order valence-corrected chi connectivity index (χ0v) is 17.5. The Morgan fingerprint density at radius 3 is 2.66 bits per heavy atom. The van der Waals surface area contributed by atoms with E-state index in [4.69, 9.17) is 4.74 Å². The SMILES string of the molecule is COc1ccc2c(c1)CC[C@H]1[C@H]2CC[C@]2(C)C(=O)/C(=C/c3ccccc3)CC[C@@H]12. The quantitative estimate of drug-likeness (QED) is 0.574. The molecule has 0 aromatic heterocycles. The van der Waals surface area contributed by atoms with Gasteiger partial charge in [0.2, 0.25) is 0 Å². The lowest BCUT2D eigenvalue weighted by Gasteiger charge is -2.53. The molecule has 0 bridgehead atoms. The Morgan fingerprint density at radius 1 is 1.03 bits per heavy atom. The van der Waals surface area contributed by atoms with Gasteiger partial charge in [-0.15, -0.1) is 0 Å². The summed E-state index contributed by atoms with van der Waals surface area (Å²) in [6.07, 6.45) is 8.66. The number of hydrogen-bond acceptors (Lipinski definition) is 2. The van der Waals surface area contributed by atoms with E-state index in [1.165, 1.54) is 17.5 Å². The Hall–Kier alpha value is -2.35. The van der Waals surface area contributed by atoms with E-state index >= 15 is 0 Å². The van der Waals surface area contributed by atoms with E-state index in [1.807, 2.05) is 18.2 Å². The van der Waals surface area contributed by atoms with Crippen LogP contribution in [-0.4, -0.2) is 12.9 Å². The molecule has 0 heterocycles. The largest absolute Gasteiger partial charge is 0.497 e. The Morgan fingerprint density at radius 2 is 1.86 bits per heavy atom. The molecular weight excluding hydrogens is 356 g/mol. The number of rotatable bonds is 2. The van der Waals surface area contributed by atoms with Gasteiger partial charge in [-0.1, -0.05) is 43.3 Å². The summed E-state index contributed by atoms with van der Waals surface area (Å²) in [5.41, 5.74) is 4.97. The third kappa shape index (κ3) is 3.04. The van der Waals surface area contributed by atoms with Crippen molar-refractivity contribution in [3.63, 3.8) is 0 Å². The van der Waals surface area contributed by atoms with E-state index in [9.17, 15) is 4.79 Å². The molecule has 0 radical (unpaired) electrons. The molecule has 2 aromatic rings. The van der Waals surface area contributed by atoms with Crippen LogP contribution in [0.1, 0.15) is 61.6 Å². The molecule has 3 aliphatic rings. The smallest absolute Gasteiger partial charge is 0.165 e. The summed E-state index contributed by atoms with van der Waals surface area (Å²) in [5, 5.41) is 0. The van der Waals surface area contributed by atoms with Crippen molar-refractivity contribution >= 4 is 11.9 Å². The molecule has 0 spiro atoms. The lowest BCUT2D eigenvalue weighted by atomic mass is 9.50. The average Bonchev–Trinajstić information content (AvgIpc) is 2.76. The van der Waals surface area contributed by atoms with Crippen molar-refractivity contribution in [2.75, 3.05) is 7.11 Å². The van der Waals surface area contributed by atoms with Crippen LogP contribution in [0.3, 0.4) is 0 Å². The van der Waals surface area contributed by atoms with Crippen LogP contribution < -0.4 is 4.74 Å². The first-order valence-electron chi connectivity index (χ1n) is 11.1. The van der Waals surface area contributed by atoms with E-state index in [0.717, 1.165) is 49.0 Å². The molecule has 2 nitrogen and oxygen atoms in total. The van der Waals surface area contributed by atoms with E-state index in [0.29, 0.717) is 23.5 Å². The van der Waals surface area contributed by atoms with Gasteiger partial charge in [0.1, 0.15) is 5.75 Å². The van der Waals surface area contributed by atoms with Gasteiger partial charge in [-0.05, 0) is 96.8 Å². The molecule has 2 fully saturated rings. The van der Waals surface area contributed by atoms with Crippen LogP contribution in [-0.2, 0) is 11.2 Å². The molecule has 2 heteroatoms. The van der Waals surface area contributed by atoms with Crippen LogP contribution >= 0.6 is 0 Å². The fraction of sp³-hybridized carbons (Fsp3) is 0.444. The van der Waals surface area contributed by atoms with Gasteiger partial charge in [0.05, 0.1) is 7.11 Å². The van der Waals surface area contributed by atoms with Gasteiger partial charge < -0.3 is 4.74 Å². The fourth-order valence-electron chi connectivity index (χ4n) is 6.50. The standard InChI is InChI=1S/C27H30O2/c1-27-15-14-23-22-12-10-21(29-2)17-19(22)8-11-24(23)25(27)13-9-20(26(27)28)16-18-6-4-3-5-7-18/h3-7,10,12,16-17,23-25H,8-9,11,13-15H2,1-2H3/b20-16+/t23-,24-,25-,27-/m0/s1. The van der Waals surface area contributed by atoms with Crippen molar-refractivity contribution in [3.8, 4) is 5.75 Å². The third-order valence-corrected chi connectivity index (χ3v) is 8.00. The second-order valence-corrected chi connectivity index (χ2v) is 9.38. The summed E-state index contributed by atoms with van der Waals surface area (Å²) in [5.74, 6) is 3.13. The van der Waals surface area contributed by atoms with Crippen LogP contribution in [0.5, 0.6) is 5.75 Å². The summed E-state index contributed by atoms with van der Waals surface area (Å²) in [7, 11) is 1.74. The van der Waals surface area contributed by atoms with Gasteiger partial charge in [0.25, 0.3) is 0 Å². The number of methoxy groups -OCH3 is 1. The number of fused-ring (bicyclic) bond motifs is 5. The zero-order chi connectivity index (χ0) is 20.0. The Labute approximate surface area is 174 Å². The topological polar surface area (TPSA) is 26.3 Å². The first kappa shape index (κ1) is 18.7. The van der Waals surface area contributed by atoms with Gasteiger partial charge in [0, 0.05) is 5.41 Å². The molecule has 150 valence electrons. The minimum atomic E-state index is -0.190. The molecule has 4 atom stereocenters. The molecule has 0 aliphatic heterocycles. The molecule has 0 amide bonds. The zero-order valence-electron chi connectivity index (χ0n) is 17.5. The Balaban J connectivity index is 1.44. The Bertz CT molecular complexity index is 958. The van der Waals surface area contributed by atoms with Crippen molar-refractivity contribution < 1.29 is 9.53 Å². The molecule has 0 N–H and O–H groups in total. The maximum Gasteiger partial charge on any atom is 0.165 e. The maximum absolute atomic E-state index is 13.6. The van der Waals surface area contributed by atoms with Crippen molar-refractivity contribution in [3.05, 3.63) is 70.8 Å². The molecule has 2 saturated carbocycles. The summed E-state index contributed by atoms with van der Waals surface area (Å²) in [4.78, 5) is 13.6. The first-order chi connectivity index (χ1) is 14.1. The summed E-state index contributed by atoms with van der Waals surface area (Å²) >= 11 is 0. The van der Waals surface area contributed by atoms with Crippen molar-refractivity contribution in [1.82, 2.24) is 0 Å². The highest BCUT2D eigenvalue weighted by molar-refractivity contribution is 6.04. The third-order valence-electron chi connectivity index (χ3n) is 8.00. The molecular formula is C27H30O2. The number of ether oxygens (including phenoxy) is 1. The van der Waals surface area contributed by atoms with E-state index in [1.54, 1.807) is 7.11 Å². The number of benzene rings is 2. The molecule has 0 unspecified atom stereocenters. The van der Waals surface area contributed by atoms with Gasteiger partial charge in [-0.3, -0.25) is 4.79 Å². The maximum atomic E-state index is 13.6. The second-order valence-electron chi connectivity index (χ2n) is 9.38. The normalized spacial score (nSPS) is 32.3. The lowest BCUT2D eigenvalue weighted by molar-refractivity contribution is -0.134. The van der Waals surface area contributed by atoms with Gasteiger partial charge in [-0.2, -0.15) is 0 Å². The number of Topliss-reactive ketones (excluding diaryl/α,β-unsaturated/α-hetero) is 1. The van der Waals surface area contributed by atoms with Crippen molar-refractivity contribution in [2.24, 2.45) is 17.3 Å². The summed E-state index contributed by atoms with van der Waals surface area (Å²) < 4.78 is 5.44. The fourth-order valence-corrected chi connectivity index (χ4v) is 6.50. The van der Waals surface area contributed by atoms with E-state index < -0.39 is 0 Å². The number of ketones is 1. The van der Waals surface area contributed by atoms with Crippen molar-refractivity contribution in [1.29, 1.82) is 0 Å². The summed E-state index contributed by atoms with van der Waals surface area (Å²) in [6.45, 7) is 2.26. The van der Waals surface area contributed by atoms with E-state index in [2.05, 4.69) is 43.3 Å². The highest BCUT2D eigenvalue weighted by Crippen LogP contribution is 2.59. The van der Waals surface area contributed by atoms with Gasteiger partial charge in [0.15, 0.2) is 5.78 Å².